The van der Waals surface area contributed by atoms with Crippen LogP contribution >= 0.6 is 0 Å². The molecule has 0 spiro atoms. The summed E-state index contributed by atoms with van der Waals surface area (Å²) in [5, 5.41) is 2.61. The Balaban J connectivity index is 2.63. The Morgan fingerprint density at radius 1 is 1.00 bits per heavy atom. The highest BCUT2D eigenvalue weighted by Gasteiger charge is 2.05. The van der Waals surface area contributed by atoms with Crippen molar-refractivity contribution in [2.75, 3.05) is 0 Å². The van der Waals surface area contributed by atoms with Crippen LogP contribution in [0.5, 0.6) is 0 Å². The van der Waals surface area contributed by atoms with Crippen molar-refractivity contribution in [3.8, 4) is 11.8 Å². The first-order valence-corrected chi connectivity index (χ1v) is 5.23. The maximum atomic E-state index is 3.20. The van der Waals surface area contributed by atoms with E-state index < -0.39 is 0 Å². The molecular weight excluding hydrogens is 180 g/mol. The van der Waals surface area contributed by atoms with Crippen molar-refractivity contribution in [3.05, 3.63) is 48.0 Å². The van der Waals surface area contributed by atoms with Gasteiger partial charge in [0.1, 0.15) is 0 Å². The van der Waals surface area contributed by atoms with Gasteiger partial charge in [-0.1, -0.05) is 48.4 Å². The second-order valence-electron chi connectivity index (χ2n) is 3.68. The van der Waals surface area contributed by atoms with E-state index in [0.29, 0.717) is 5.92 Å². The van der Waals surface area contributed by atoms with Gasteiger partial charge in [0.15, 0.2) is 0 Å². The quantitative estimate of drug-likeness (QED) is 0.603. The van der Waals surface area contributed by atoms with Crippen LogP contribution in [0.15, 0.2) is 42.5 Å². The van der Waals surface area contributed by atoms with Crippen LogP contribution in [0.2, 0.25) is 0 Å². The first-order valence-electron chi connectivity index (χ1n) is 5.23. The smallest absolute Gasteiger partial charge is 0.0430 e. The van der Waals surface area contributed by atoms with Crippen LogP contribution in [0.1, 0.15) is 25.3 Å². The summed E-state index contributed by atoms with van der Waals surface area (Å²) in [6.45, 7) is 4.04. The van der Waals surface area contributed by atoms with Crippen molar-refractivity contribution in [2.45, 2.75) is 19.8 Å². The van der Waals surface area contributed by atoms with Crippen LogP contribution in [0.4, 0.5) is 0 Å². The largest absolute Gasteiger partial charge is 0.106 e. The summed E-state index contributed by atoms with van der Waals surface area (Å²) in [5.74, 6) is 6.49. The lowest BCUT2D eigenvalue weighted by molar-refractivity contribution is 1.02. The van der Waals surface area contributed by atoms with Gasteiger partial charge < -0.3 is 0 Å². The molecule has 0 aliphatic carbocycles. The highest BCUT2D eigenvalue weighted by Crippen LogP contribution is 2.24. The molecule has 0 radical (unpaired) electrons. The van der Waals surface area contributed by atoms with Gasteiger partial charge in [0.2, 0.25) is 0 Å². The van der Waals surface area contributed by atoms with Crippen LogP contribution < -0.4 is 0 Å². The maximum Gasteiger partial charge on any atom is 0.0430 e. The van der Waals surface area contributed by atoms with Crippen molar-refractivity contribution in [2.24, 2.45) is 0 Å². The molecule has 0 N–H and O–H groups in total. The summed E-state index contributed by atoms with van der Waals surface area (Å²) in [6.07, 6.45) is 0. The van der Waals surface area contributed by atoms with E-state index in [1.54, 1.807) is 0 Å². The molecule has 1 unspecified atom stereocenters. The zero-order valence-electron chi connectivity index (χ0n) is 9.12. The van der Waals surface area contributed by atoms with Gasteiger partial charge in [0.25, 0.3) is 0 Å². The average Bonchev–Trinajstić information content (AvgIpc) is 2.28. The summed E-state index contributed by atoms with van der Waals surface area (Å²) in [5.41, 5.74) is 1.32. The predicted molar refractivity (Wildman–Crippen MR) is 65.8 cm³/mol. The fraction of sp³-hybridized carbons (Fsp3) is 0.200. The molecule has 0 fully saturated rings. The van der Waals surface area contributed by atoms with E-state index in [-0.39, 0.29) is 0 Å². The fourth-order valence-corrected chi connectivity index (χ4v) is 1.92. The van der Waals surface area contributed by atoms with Gasteiger partial charge >= 0.3 is 0 Å². The number of rotatable bonds is 1. The summed E-state index contributed by atoms with van der Waals surface area (Å²) < 4.78 is 0. The third kappa shape index (κ3) is 1.87. The van der Waals surface area contributed by atoms with Crippen LogP contribution in [-0.2, 0) is 0 Å². The standard InChI is InChI=1S/C15H14/c1-3-7-12(2)14-11-6-9-13-8-4-5-10-15(13)14/h4-6,8-12H,1-2H3. The van der Waals surface area contributed by atoms with Crippen molar-refractivity contribution in [1.82, 2.24) is 0 Å². The van der Waals surface area contributed by atoms with Gasteiger partial charge in [-0.3, -0.25) is 0 Å². The minimum Gasteiger partial charge on any atom is -0.106 e. The molecule has 0 aliphatic heterocycles. The first kappa shape index (κ1) is 9.80. The van der Waals surface area contributed by atoms with Crippen molar-refractivity contribution >= 4 is 10.8 Å². The topological polar surface area (TPSA) is 0 Å². The lowest BCUT2D eigenvalue weighted by Crippen LogP contribution is -1.90. The summed E-state index contributed by atoms with van der Waals surface area (Å²) >= 11 is 0. The molecule has 0 aromatic heterocycles. The van der Waals surface area contributed by atoms with Gasteiger partial charge in [-0.2, -0.15) is 0 Å². The zero-order chi connectivity index (χ0) is 10.7. The van der Waals surface area contributed by atoms with Gasteiger partial charge in [-0.25, -0.2) is 0 Å². The van der Waals surface area contributed by atoms with E-state index in [4.69, 9.17) is 0 Å². The molecule has 74 valence electrons. The second-order valence-corrected chi connectivity index (χ2v) is 3.68. The molecule has 0 amide bonds. The molecule has 0 aliphatic rings. The molecule has 0 heteroatoms. The van der Waals surface area contributed by atoms with Crippen LogP contribution in [-0.4, -0.2) is 0 Å². The summed E-state index contributed by atoms with van der Waals surface area (Å²) in [6, 6.07) is 14.9. The predicted octanol–water partition coefficient (Wildman–Crippen LogP) is 3.97. The monoisotopic (exact) mass is 194 g/mol. The molecule has 0 bridgehead atoms. The lowest BCUT2D eigenvalue weighted by Gasteiger charge is -2.08. The van der Waals surface area contributed by atoms with Gasteiger partial charge in [-0.05, 0) is 30.2 Å². The number of hydrogen-bond donors (Lipinski definition) is 0. The van der Waals surface area contributed by atoms with Crippen LogP contribution in [0, 0.1) is 11.8 Å². The number of benzene rings is 2. The normalized spacial score (nSPS) is 11.9. The van der Waals surface area contributed by atoms with Gasteiger partial charge in [0, 0.05) is 5.92 Å². The average molecular weight is 194 g/mol. The highest BCUT2D eigenvalue weighted by molar-refractivity contribution is 5.86. The van der Waals surface area contributed by atoms with Crippen LogP contribution in [0.25, 0.3) is 10.8 Å². The van der Waals surface area contributed by atoms with E-state index in [2.05, 4.69) is 61.2 Å². The SMILES string of the molecule is CC#CC(C)c1cccc2ccccc12. The Bertz CT molecular complexity index is 521. The molecule has 1 atom stereocenters. The fourth-order valence-electron chi connectivity index (χ4n) is 1.92. The van der Waals surface area contributed by atoms with E-state index in [0.717, 1.165) is 0 Å². The molecule has 0 nitrogen and oxygen atoms in total. The number of hydrogen-bond acceptors (Lipinski definition) is 0. The molecule has 2 aromatic rings. The van der Waals surface area contributed by atoms with E-state index >= 15 is 0 Å². The van der Waals surface area contributed by atoms with E-state index in [9.17, 15) is 0 Å². The van der Waals surface area contributed by atoms with Gasteiger partial charge in [0.05, 0.1) is 0 Å². The van der Waals surface area contributed by atoms with Crippen LogP contribution in [0.3, 0.4) is 0 Å². The van der Waals surface area contributed by atoms with E-state index in [1.165, 1.54) is 16.3 Å². The molecule has 0 heterocycles. The Kier molecular flexibility index (Phi) is 2.74. The Labute approximate surface area is 90.9 Å². The minimum absolute atomic E-state index is 0.307. The Morgan fingerprint density at radius 2 is 1.73 bits per heavy atom. The number of fused-ring (bicyclic) bond motifs is 1. The Hall–Kier alpha value is -1.74. The van der Waals surface area contributed by atoms with Gasteiger partial charge in [-0.15, -0.1) is 5.92 Å². The van der Waals surface area contributed by atoms with Crippen molar-refractivity contribution in [3.63, 3.8) is 0 Å². The Morgan fingerprint density at radius 3 is 2.53 bits per heavy atom. The highest BCUT2D eigenvalue weighted by atomic mass is 14.1. The zero-order valence-corrected chi connectivity index (χ0v) is 9.12. The van der Waals surface area contributed by atoms with Crippen molar-refractivity contribution in [1.29, 1.82) is 0 Å². The molecule has 2 aromatic carbocycles. The first-order chi connectivity index (χ1) is 7.33. The molecule has 15 heavy (non-hydrogen) atoms. The summed E-state index contributed by atoms with van der Waals surface area (Å²) in [7, 11) is 0. The third-order valence-electron chi connectivity index (χ3n) is 2.65. The van der Waals surface area contributed by atoms with E-state index in [1.807, 2.05) is 6.92 Å². The lowest BCUT2D eigenvalue weighted by atomic mass is 9.95. The molecular formula is C15H14. The molecule has 0 saturated heterocycles. The molecule has 2 rings (SSSR count). The molecule has 0 saturated carbocycles. The van der Waals surface area contributed by atoms with Crippen molar-refractivity contribution < 1.29 is 0 Å². The maximum absolute atomic E-state index is 3.20. The summed E-state index contributed by atoms with van der Waals surface area (Å²) in [4.78, 5) is 0. The third-order valence-corrected chi connectivity index (χ3v) is 2.65. The minimum atomic E-state index is 0.307. The second kappa shape index (κ2) is 4.19.